The van der Waals surface area contributed by atoms with E-state index in [1.54, 1.807) is 17.0 Å². The van der Waals surface area contributed by atoms with Crippen LogP contribution in [0.2, 0.25) is 0 Å². The Morgan fingerprint density at radius 2 is 1.90 bits per heavy atom. The fourth-order valence-electron chi connectivity index (χ4n) is 3.97. The van der Waals surface area contributed by atoms with E-state index in [0.29, 0.717) is 23.7 Å². The third kappa shape index (κ3) is 4.61. The molecule has 8 nitrogen and oxygen atoms in total. The maximum absolute atomic E-state index is 13.0. The number of pyridine rings is 1. The van der Waals surface area contributed by atoms with Gasteiger partial charge in [0.25, 0.3) is 10.0 Å². The Balaban J connectivity index is 1.53. The van der Waals surface area contributed by atoms with Gasteiger partial charge in [0.05, 0.1) is 29.0 Å². The number of sulfonamides is 1. The number of rotatable bonds is 4. The average molecular weight is 445 g/mol. The SMILES string of the molecule is CC(=O)N1CC(C)Oc2ccc(S(=O)(=O)Nc3ccc(N4CCC(C)CC4)nc3)cc21. The number of nitrogens with zero attached hydrogens (tertiary/aromatic N) is 3. The average Bonchev–Trinajstić information content (AvgIpc) is 2.73. The quantitative estimate of drug-likeness (QED) is 0.778. The van der Waals surface area contributed by atoms with Crippen molar-refractivity contribution in [3.63, 3.8) is 0 Å². The van der Waals surface area contributed by atoms with Gasteiger partial charge in [-0.25, -0.2) is 13.4 Å². The van der Waals surface area contributed by atoms with Crippen LogP contribution < -0.4 is 19.3 Å². The van der Waals surface area contributed by atoms with E-state index in [2.05, 4.69) is 21.5 Å². The summed E-state index contributed by atoms with van der Waals surface area (Å²) in [5.41, 5.74) is 0.849. The highest BCUT2D eigenvalue weighted by Crippen LogP contribution is 2.36. The van der Waals surface area contributed by atoms with Gasteiger partial charge in [-0.05, 0) is 56.0 Å². The molecule has 0 bridgehead atoms. The highest BCUT2D eigenvalue weighted by Gasteiger charge is 2.28. The maximum atomic E-state index is 13.0. The van der Waals surface area contributed by atoms with Gasteiger partial charge in [-0.2, -0.15) is 0 Å². The number of hydrogen-bond donors (Lipinski definition) is 1. The fraction of sp³-hybridized carbons (Fsp3) is 0.455. The minimum absolute atomic E-state index is 0.0600. The molecule has 2 aliphatic heterocycles. The summed E-state index contributed by atoms with van der Waals surface area (Å²) in [6, 6.07) is 8.11. The van der Waals surface area contributed by atoms with Gasteiger partial charge >= 0.3 is 0 Å². The van der Waals surface area contributed by atoms with Crippen LogP contribution in [0.15, 0.2) is 41.4 Å². The first-order valence-corrected chi connectivity index (χ1v) is 12.0. The van der Waals surface area contributed by atoms with E-state index < -0.39 is 10.0 Å². The molecule has 1 atom stereocenters. The van der Waals surface area contributed by atoms with Crippen molar-refractivity contribution in [2.45, 2.75) is 44.6 Å². The zero-order valence-electron chi connectivity index (χ0n) is 18.0. The standard InChI is InChI=1S/C22H28N4O4S/c1-15-8-10-25(11-9-15)22-7-4-18(13-23-22)24-31(28,29)19-5-6-21-20(12-19)26(17(3)27)14-16(2)30-21/h4-7,12-13,15-16,24H,8-11,14H2,1-3H3. The molecular formula is C22H28N4O4S. The Morgan fingerprint density at radius 1 is 1.16 bits per heavy atom. The van der Waals surface area contributed by atoms with Crippen LogP contribution in [0.1, 0.15) is 33.6 Å². The van der Waals surface area contributed by atoms with Gasteiger partial charge in [0, 0.05) is 20.0 Å². The van der Waals surface area contributed by atoms with Crippen LogP contribution in [0.25, 0.3) is 0 Å². The summed E-state index contributed by atoms with van der Waals surface area (Å²) in [6.45, 7) is 7.87. The third-order valence-corrected chi connectivity index (χ3v) is 7.17. The topological polar surface area (TPSA) is 91.8 Å². The number of nitrogens with one attached hydrogen (secondary N) is 1. The molecule has 1 N–H and O–H groups in total. The van der Waals surface area contributed by atoms with Gasteiger partial charge in [-0.15, -0.1) is 0 Å². The second kappa shape index (κ2) is 8.37. The predicted molar refractivity (Wildman–Crippen MR) is 120 cm³/mol. The van der Waals surface area contributed by atoms with Crippen molar-refractivity contribution in [1.82, 2.24) is 4.98 Å². The van der Waals surface area contributed by atoms with Crippen molar-refractivity contribution in [2.75, 3.05) is 34.2 Å². The van der Waals surface area contributed by atoms with Gasteiger partial charge in [-0.3, -0.25) is 9.52 Å². The zero-order valence-corrected chi connectivity index (χ0v) is 18.9. The lowest BCUT2D eigenvalue weighted by Crippen LogP contribution is -2.41. The highest BCUT2D eigenvalue weighted by molar-refractivity contribution is 7.92. The molecule has 1 saturated heterocycles. The number of ether oxygens (including phenoxy) is 1. The molecule has 2 aliphatic rings. The molecule has 0 radical (unpaired) electrons. The molecule has 9 heteroatoms. The molecule has 2 aromatic rings. The summed E-state index contributed by atoms with van der Waals surface area (Å²) >= 11 is 0. The highest BCUT2D eigenvalue weighted by atomic mass is 32.2. The largest absolute Gasteiger partial charge is 0.487 e. The van der Waals surface area contributed by atoms with E-state index in [-0.39, 0.29) is 16.9 Å². The van der Waals surface area contributed by atoms with Crippen LogP contribution in [-0.2, 0) is 14.8 Å². The molecule has 0 aliphatic carbocycles. The monoisotopic (exact) mass is 444 g/mol. The summed E-state index contributed by atoms with van der Waals surface area (Å²) in [5, 5.41) is 0. The Bertz CT molecular complexity index is 1060. The van der Waals surface area contributed by atoms with Crippen molar-refractivity contribution in [2.24, 2.45) is 5.92 Å². The molecule has 1 amide bonds. The van der Waals surface area contributed by atoms with Crippen LogP contribution in [0, 0.1) is 5.92 Å². The third-order valence-electron chi connectivity index (χ3n) is 5.79. The first kappa shape index (κ1) is 21.4. The van der Waals surface area contributed by atoms with Crippen LogP contribution in [0.5, 0.6) is 5.75 Å². The van der Waals surface area contributed by atoms with Crippen LogP contribution in [-0.4, -0.2) is 45.0 Å². The minimum Gasteiger partial charge on any atom is -0.487 e. The number of anilines is 3. The van der Waals surface area contributed by atoms with Gasteiger partial charge in [0.2, 0.25) is 5.91 Å². The lowest BCUT2D eigenvalue weighted by Gasteiger charge is -2.33. The van der Waals surface area contributed by atoms with Crippen molar-refractivity contribution >= 4 is 33.1 Å². The number of carbonyl (C=O) groups excluding carboxylic acids is 1. The Morgan fingerprint density at radius 3 is 2.55 bits per heavy atom. The number of amides is 1. The first-order valence-electron chi connectivity index (χ1n) is 10.6. The lowest BCUT2D eigenvalue weighted by atomic mass is 9.99. The van der Waals surface area contributed by atoms with Gasteiger partial charge in [0.1, 0.15) is 17.7 Å². The van der Waals surface area contributed by atoms with Crippen molar-refractivity contribution in [1.29, 1.82) is 0 Å². The molecule has 1 fully saturated rings. The second-order valence-corrected chi connectivity index (χ2v) is 10.1. The maximum Gasteiger partial charge on any atom is 0.262 e. The summed E-state index contributed by atoms with van der Waals surface area (Å²) < 4.78 is 34.2. The van der Waals surface area contributed by atoms with E-state index >= 15 is 0 Å². The van der Waals surface area contributed by atoms with E-state index in [9.17, 15) is 13.2 Å². The van der Waals surface area contributed by atoms with E-state index in [4.69, 9.17) is 4.74 Å². The summed E-state index contributed by atoms with van der Waals surface area (Å²) in [4.78, 5) is 20.3. The van der Waals surface area contributed by atoms with Crippen LogP contribution in [0.4, 0.5) is 17.2 Å². The molecule has 0 spiro atoms. The van der Waals surface area contributed by atoms with Crippen molar-refractivity contribution in [3.05, 3.63) is 36.5 Å². The van der Waals surface area contributed by atoms with Crippen LogP contribution >= 0.6 is 0 Å². The molecular weight excluding hydrogens is 416 g/mol. The number of carbonyl (C=O) groups is 1. The van der Waals surface area contributed by atoms with Crippen molar-refractivity contribution < 1.29 is 17.9 Å². The molecule has 0 saturated carbocycles. The molecule has 1 aromatic heterocycles. The molecule has 166 valence electrons. The number of piperidine rings is 1. The fourth-order valence-corrected chi connectivity index (χ4v) is 5.03. The smallest absolute Gasteiger partial charge is 0.262 e. The Kier molecular flexibility index (Phi) is 5.79. The summed E-state index contributed by atoms with van der Waals surface area (Å²) in [6.07, 6.45) is 3.64. The molecule has 3 heterocycles. The lowest BCUT2D eigenvalue weighted by molar-refractivity contribution is -0.117. The number of fused-ring (bicyclic) bond motifs is 1. The van der Waals surface area contributed by atoms with E-state index in [0.717, 1.165) is 37.7 Å². The number of hydrogen-bond acceptors (Lipinski definition) is 6. The van der Waals surface area contributed by atoms with Crippen LogP contribution in [0.3, 0.4) is 0 Å². The van der Waals surface area contributed by atoms with Gasteiger partial charge < -0.3 is 14.5 Å². The second-order valence-electron chi connectivity index (χ2n) is 8.37. The first-order chi connectivity index (χ1) is 14.7. The molecule has 31 heavy (non-hydrogen) atoms. The molecule has 1 aromatic carbocycles. The Hall–Kier alpha value is -2.81. The van der Waals surface area contributed by atoms with Crippen molar-refractivity contribution in [3.8, 4) is 5.75 Å². The van der Waals surface area contributed by atoms with E-state index in [1.165, 1.54) is 25.3 Å². The summed E-state index contributed by atoms with van der Waals surface area (Å²) in [5.74, 6) is 1.92. The number of aromatic nitrogens is 1. The normalized spacial score (nSPS) is 19.5. The molecule has 1 unspecified atom stereocenters. The predicted octanol–water partition coefficient (Wildman–Crippen LogP) is 3.25. The van der Waals surface area contributed by atoms with E-state index in [1.807, 2.05) is 13.0 Å². The minimum atomic E-state index is -3.85. The molecule has 4 rings (SSSR count). The zero-order chi connectivity index (χ0) is 22.2. The number of benzene rings is 1. The van der Waals surface area contributed by atoms with Gasteiger partial charge in [-0.1, -0.05) is 6.92 Å². The Labute approximate surface area is 183 Å². The summed E-state index contributed by atoms with van der Waals surface area (Å²) in [7, 11) is -3.85. The van der Waals surface area contributed by atoms with Gasteiger partial charge in [0.15, 0.2) is 0 Å².